The molecule has 0 bridgehead atoms. The van der Waals surface area contributed by atoms with E-state index in [2.05, 4.69) is 4.98 Å². The predicted molar refractivity (Wildman–Crippen MR) is 63.6 cm³/mol. The third-order valence-corrected chi connectivity index (χ3v) is 2.22. The van der Waals surface area contributed by atoms with Gasteiger partial charge < -0.3 is 4.74 Å². The molecule has 1 rings (SSSR count). The molecule has 0 aliphatic heterocycles. The number of amides is 1. The van der Waals surface area contributed by atoms with Crippen LogP contribution >= 0.6 is 0 Å². The van der Waals surface area contributed by atoms with E-state index in [1.165, 1.54) is 7.11 Å². The van der Waals surface area contributed by atoms with Crippen molar-refractivity contribution >= 4 is 11.9 Å². The Morgan fingerprint density at radius 1 is 1.44 bits per heavy atom. The fraction of sp³-hybridized carbons (Fsp3) is 0.500. The van der Waals surface area contributed by atoms with Gasteiger partial charge in [0.2, 0.25) is 0 Å². The maximum atomic E-state index is 11.8. The van der Waals surface area contributed by atoms with Crippen LogP contribution in [0.2, 0.25) is 0 Å². The van der Waals surface area contributed by atoms with Gasteiger partial charge in [-0.2, -0.15) is 0 Å². The molecule has 88 valence electrons. The number of aryl methyl sites for hydroxylation is 1. The molecular formula is C12H18N2O2. The average Bonchev–Trinajstić information content (AvgIpc) is 2.19. The average molecular weight is 222 g/mol. The van der Waals surface area contributed by atoms with Crippen LogP contribution in [0.15, 0.2) is 18.3 Å². The summed E-state index contributed by atoms with van der Waals surface area (Å²) in [6.45, 7) is 7.75. The highest BCUT2D eigenvalue weighted by molar-refractivity contribution is 5.88. The topological polar surface area (TPSA) is 42.4 Å². The van der Waals surface area contributed by atoms with Crippen molar-refractivity contribution in [3.63, 3.8) is 0 Å². The highest BCUT2D eigenvalue weighted by Crippen LogP contribution is 2.25. The fourth-order valence-corrected chi connectivity index (χ4v) is 1.48. The molecule has 1 aromatic heterocycles. The molecule has 0 aliphatic rings. The number of methoxy groups -OCH3 is 1. The van der Waals surface area contributed by atoms with Crippen LogP contribution in [0.1, 0.15) is 26.3 Å². The number of pyridine rings is 1. The molecule has 0 saturated carbocycles. The molecule has 0 atom stereocenters. The standard InChI is InChI=1S/C12H18N2O2/c1-9-7-6-8-13-10(9)14(11(15)16-5)12(2,3)4/h6-8H,1-5H3. The molecule has 0 spiro atoms. The minimum absolute atomic E-state index is 0.369. The van der Waals surface area contributed by atoms with Gasteiger partial charge in [-0.25, -0.2) is 9.78 Å². The minimum atomic E-state index is -0.394. The number of carbonyl (C=O) groups is 1. The van der Waals surface area contributed by atoms with Crippen LogP contribution < -0.4 is 4.90 Å². The molecule has 0 fully saturated rings. The van der Waals surface area contributed by atoms with Gasteiger partial charge in [0.05, 0.1) is 7.11 Å². The summed E-state index contributed by atoms with van der Waals surface area (Å²) in [4.78, 5) is 17.6. The monoisotopic (exact) mass is 222 g/mol. The Morgan fingerprint density at radius 2 is 2.06 bits per heavy atom. The van der Waals surface area contributed by atoms with Crippen molar-refractivity contribution < 1.29 is 9.53 Å². The van der Waals surface area contributed by atoms with E-state index in [1.54, 1.807) is 11.1 Å². The molecule has 1 amide bonds. The Kier molecular flexibility index (Phi) is 3.52. The number of carbonyl (C=O) groups excluding carboxylic acids is 1. The van der Waals surface area contributed by atoms with Gasteiger partial charge in [0, 0.05) is 11.7 Å². The molecule has 0 aromatic carbocycles. The lowest BCUT2D eigenvalue weighted by Crippen LogP contribution is -2.46. The third kappa shape index (κ3) is 2.51. The van der Waals surface area contributed by atoms with Crippen molar-refractivity contribution in [2.45, 2.75) is 33.2 Å². The maximum Gasteiger partial charge on any atom is 0.415 e. The molecule has 0 N–H and O–H groups in total. The van der Waals surface area contributed by atoms with Crippen LogP contribution in [0.4, 0.5) is 10.6 Å². The Hall–Kier alpha value is -1.58. The summed E-state index contributed by atoms with van der Waals surface area (Å²) >= 11 is 0. The number of hydrogen-bond acceptors (Lipinski definition) is 3. The maximum absolute atomic E-state index is 11.8. The molecule has 16 heavy (non-hydrogen) atoms. The van der Waals surface area contributed by atoms with Crippen molar-refractivity contribution in [1.82, 2.24) is 4.98 Å². The predicted octanol–water partition coefficient (Wildman–Crippen LogP) is 2.76. The molecule has 1 heterocycles. The van der Waals surface area contributed by atoms with E-state index in [0.29, 0.717) is 5.82 Å². The van der Waals surface area contributed by atoms with Gasteiger partial charge in [-0.1, -0.05) is 6.07 Å². The summed E-state index contributed by atoms with van der Waals surface area (Å²) < 4.78 is 4.80. The van der Waals surface area contributed by atoms with Crippen molar-refractivity contribution in [3.8, 4) is 0 Å². The molecule has 0 saturated heterocycles. The lowest BCUT2D eigenvalue weighted by atomic mass is 10.1. The van der Waals surface area contributed by atoms with Crippen LogP contribution in [0.3, 0.4) is 0 Å². The van der Waals surface area contributed by atoms with E-state index in [4.69, 9.17) is 4.74 Å². The number of anilines is 1. The van der Waals surface area contributed by atoms with Crippen molar-refractivity contribution in [2.24, 2.45) is 0 Å². The quantitative estimate of drug-likeness (QED) is 0.733. The first-order valence-electron chi connectivity index (χ1n) is 5.17. The first-order valence-corrected chi connectivity index (χ1v) is 5.17. The second kappa shape index (κ2) is 4.51. The van der Waals surface area contributed by atoms with E-state index < -0.39 is 6.09 Å². The van der Waals surface area contributed by atoms with Crippen LogP contribution in [-0.4, -0.2) is 23.7 Å². The first kappa shape index (κ1) is 12.5. The van der Waals surface area contributed by atoms with E-state index >= 15 is 0 Å². The molecule has 4 nitrogen and oxygen atoms in total. The molecular weight excluding hydrogens is 204 g/mol. The van der Waals surface area contributed by atoms with Crippen LogP contribution in [-0.2, 0) is 4.74 Å². The van der Waals surface area contributed by atoms with Crippen molar-refractivity contribution in [2.75, 3.05) is 12.0 Å². The Balaban J connectivity index is 3.23. The lowest BCUT2D eigenvalue weighted by Gasteiger charge is -2.34. The van der Waals surface area contributed by atoms with Crippen molar-refractivity contribution in [1.29, 1.82) is 0 Å². The second-order valence-electron chi connectivity index (χ2n) is 4.62. The normalized spacial score (nSPS) is 11.1. The molecule has 1 aromatic rings. The molecule has 0 aliphatic carbocycles. The Morgan fingerprint density at radius 3 is 2.50 bits per heavy atom. The summed E-state index contributed by atoms with van der Waals surface area (Å²) in [6, 6.07) is 3.76. The summed E-state index contributed by atoms with van der Waals surface area (Å²) in [5.41, 5.74) is 0.578. The second-order valence-corrected chi connectivity index (χ2v) is 4.62. The van der Waals surface area contributed by atoms with Gasteiger partial charge in [0.25, 0.3) is 0 Å². The smallest absolute Gasteiger partial charge is 0.415 e. The number of ether oxygens (including phenoxy) is 1. The summed E-state index contributed by atoms with van der Waals surface area (Å²) in [5, 5.41) is 0. The highest BCUT2D eigenvalue weighted by atomic mass is 16.5. The summed E-state index contributed by atoms with van der Waals surface area (Å²) in [7, 11) is 1.37. The Labute approximate surface area is 96.2 Å². The molecule has 0 unspecified atom stereocenters. The molecule has 4 heteroatoms. The van der Waals surface area contributed by atoms with Crippen LogP contribution in [0, 0.1) is 6.92 Å². The zero-order chi connectivity index (χ0) is 12.3. The van der Waals surface area contributed by atoms with Gasteiger partial charge >= 0.3 is 6.09 Å². The Bertz CT molecular complexity index is 383. The summed E-state index contributed by atoms with van der Waals surface area (Å²) in [6.07, 6.45) is 1.28. The SMILES string of the molecule is COC(=O)N(c1ncccc1C)C(C)(C)C. The van der Waals surface area contributed by atoms with E-state index in [9.17, 15) is 4.79 Å². The lowest BCUT2D eigenvalue weighted by molar-refractivity contribution is 0.172. The number of hydrogen-bond donors (Lipinski definition) is 0. The van der Waals surface area contributed by atoms with E-state index in [-0.39, 0.29) is 5.54 Å². The van der Waals surface area contributed by atoms with E-state index in [1.807, 2.05) is 39.8 Å². The number of nitrogens with zero attached hydrogens (tertiary/aromatic N) is 2. The first-order chi connectivity index (χ1) is 7.38. The summed E-state index contributed by atoms with van der Waals surface area (Å²) in [5.74, 6) is 0.641. The number of rotatable bonds is 1. The minimum Gasteiger partial charge on any atom is -0.452 e. The number of aromatic nitrogens is 1. The van der Waals surface area contributed by atoms with Gasteiger partial charge in [-0.05, 0) is 39.3 Å². The van der Waals surface area contributed by atoms with Crippen LogP contribution in [0.5, 0.6) is 0 Å². The van der Waals surface area contributed by atoms with Crippen molar-refractivity contribution in [3.05, 3.63) is 23.9 Å². The highest BCUT2D eigenvalue weighted by Gasteiger charge is 2.30. The fourth-order valence-electron chi connectivity index (χ4n) is 1.48. The largest absolute Gasteiger partial charge is 0.452 e. The third-order valence-electron chi connectivity index (χ3n) is 2.22. The van der Waals surface area contributed by atoms with E-state index in [0.717, 1.165) is 5.56 Å². The zero-order valence-corrected chi connectivity index (χ0v) is 10.4. The molecule has 0 radical (unpaired) electrons. The van der Waals surface area contributed by atoms with Gasteiger partial charge in [0.1, 0.15) is 5.82 Å². The van der Waals surface area contributed by atoms with Gasteiger partial charge in [-0.3, -0.25) is 4.90 Å². The van der Waals surface area contributed by atoms with Gasteiger partial charge in [-0.15, -0.1) is 0 Å². The van der Waals surface area contributed by atoms with Gasteiger partial charge in [0.15, 0.2) is 0 Å². The zero-order valence-electron chi connectivity index (χ0n) is 10.4. The van der Waals surface area contributed by atoms with Crippen LogP contribution in [0.25, 0.3) is 0 Å².